The Morgan fingerprint density at radius 2 is 1.83 bits per heavy atom. The number of epoxide rings is 1. The van der Waals surface area contributed by atoms with Gasteiger partial charge in [0.2, 0.25) is 0 Å². The molecule has 0 aromatic heterocycles. The molecule has 0 amide bonds. The molecule has 4 rings (SSSR count). The number of carbonyl (C=O) groups is 2. The Kier molecular flexibility index (Phi) is 3.31. The molecule has 0 aromatic carbocycles. The molecule has 132 valence electrons. The van der Waals surface area contributed by atoms with Gasteiger partial charge in [-0.25, -0.2) is 0 Å². The Morgan fingerprint density at radius 1 is 1.12 bits per heavy atom. The minimum Gasteiger partial charge on any atom is -0.366 e. The summed E-state index contributed by atoms with van der Waals surface area (Å²) in [6.07, 6.45) is 5.79. The zero-order valence-corrected chi connectivity index (χ0v) is 15.5. The van der Waals surface area contributed by atoms with Gasteiger partial charge in [-0.2, -0.15) is 0 Å². The summed E-state index contributed by atoms with van der Waals surface area (Å²) in [7, 11) is 0. The van der Waals surface area contributed by atoms with E-state index in [0.717, 1.165) is 12.8 Å². The minimum absolute atomic E-state index is 0.107. The number of fused-ring (bicyclic) bond motifs is 4. The smallest absolute Gasteiger partial charge is 0.159 e. The fourth-order valence-electron chi connectivity index (χ4n) is 5.70. The topological polar surface area (TPSA) is 46.7 Å². The standard InChI is InChI=1S/C21H30O3/c1-12-15(22)9-13-8-14-10-20(14,4)7-6-17-21(5,24-17)11-16(23)18(12)19(13,2)3/h13-14,17-18H,1,6-11H2,2-5H3. The first-order valence-electron chi connectivity index (χ1n) is 9.49. The summed E-state index contributed by atoms with van der Waals surface area (Å²) in [6.45, 7) is 12.8. The number of allylic oxidation sites excluding steroid dienone is 1. The first-order chi connectivity index (χ1) is 11.1. The first-order valence-corrected chi connectivity index (χ1v) is 9.49. The highest BCUT2D eigenvalue weighted by Gasteiger charge is 2.60. The van der Waals surface area contributed by atoms with Crippen LogP contribution in [0, 0.1) is 28.6 Å². The molecule has 24 heavy (non-hydrogen) atoms. The average molecular weight is 330 g/mol. The van der Waals surface area contributed by atoms with Gasteiger partial charge in [-0.3, -0.25) is 9.59 Å². The van der Waals surface area contributed by atoms with Crippen molar-refractivity contribution in [3.8, 4) is 0 Å². The molecule has 1 heterocycles. The molecule has 3 saturated carbocycles. The molecular formula is C21H30O3. The number of hydrogen-bond acceptors (Lipinski definition) is 3. The van der Waals surface area contributed by atoms with E-state index in [-0.39, 0.29) is 34.6 Å². The molecular weight excluding hydrogens is 300 g/mol. The van der Waals surface area contributed by atoms with E-state index in [4.69, 9.17) is 4.74 Å². The van der Waals surface area contributed by atoms with Crippen LogP contribution in [0.2, 0.25) is 0 Å². The lowest BCUT2D eigenvalue weighted by Gasteiger charge is -2.45. The third-order valence-corrected chi connectivity index (χ3v) is 7.90. The highest BCUT2D eigenvalue weighted by Crippen LogP contribution is 2.63. The zero-order chi connectivity index (χ0) is 17.5. The van der Waals surface area contributed by atoms with Crippen LogP contribution in [0.3, 0.4) is 0 Å². The highest BCUT2D eigenvalue weighted by atomic mass is 16.6. The minimum atomic E-state index is -0.338. The number of ether oxygens (including phenoxy) is 1. The maximum absolute atomic E-state index is 13.1. The number of Topliss-reactive ketones (excluding diaryl/α,β-unsaturated/α-hetero) is 2. The van der Waals surface area contributed by atoms with Crippen LogP contribution in [0.5, 0.6) is 0 Å². The third kappa shape index (κ3) is 2.34. The first kappa shape index (κ1) is 16.5. The van der Waals surface area contributed by atoms with Gasteiger partial charge in [0.05, 0.1) is 17.6 Å². The molecule has 6 unspecified atom stereocenters. The highest BCUT2D eigenvalue weighted by molar-refractivity contribution is 6.03. The predicted octanol–water partition coefficient (Wildman–Crippen LogP) is 4.10. The second-order valence-corrected chi connectivity index (χ2v) is 10.00. The average Bonchev–Trinajstić information content (AvgIpc) is 3.30. The van der Waals surface area contributed by atoms with Gasteiger partial charge in [-0.05, 0) is 60.8 Å². The van der Waals surface area contributed by atoms with Crippen LogP contribution in [0.1, 0.15) is 66.2 Å². The molecule has 4 aliphatic rings. The lowest BCUT2D eigenvalue weighted by atomic mass is 9.57. The van der Waals surface area contributed by atoms with Gasteiger partial charge in [0.15, 0.2) is 5.78 Å². The molecule has 2 bridgehead atoms. The molecule has 0 radical (unpaired) electrons. The molecule has 3 heteroatoms. The van der Waals surface area contributed by atoms with Crippen LogP contribution in [-0.2, 0) is 14.3 Å². The molecule has 3 nitrogen and oxygen atoms in total. The Hall–Kier alpha value is -0.960. The van der Waals surface area contributed by atoms with Crippen molar-refractivity contribution in [1.29, 1.82) is 0 Å². The van der Waals surface area contributed by atoms with E-state index in [9.17, 15) is 9.59 Å². The van der Waals surface area contributed by atoms with Gasteiger partial charge in [0.1, 0.15) is 5.78 Å². The van der Waals surface area contributed by atoms with Crippen molar-refractivity contribution in [1.82, 2.24) is 0 Å². The van der Waals surface area contributed by atoms with Gasteiger partial charge in [0.25, 0.3) is 0 Å². The quantitative estimate of drug-likeness (QED) is 0.496. The maximum Gasteiger partial charge on any atom is 0.159 e. The van der Waals surface area contributed by atoms with Gasteiger partial charge in [-0.15, -0.1) is 0 Å². The van der Waals surface area contributed by atoms with E-state index in [0.29, 0.717) is 35.7 Å². The fraction of sp³-hybridized carbons (Fsp3) is 0.810. The Bertz CT molecular complexity index is 633. The molecule has 1 saturated heterocycles. The van der Waals surface area contributed by atoms with E-state index in [1.807, 2.05) is 0 Å². The third-order valence-electron chi connectivity index (χ3n) is 7.90. The van der Waals surface area contributed by atoms with Crippen LogP contribution in [-0.4, -0.2) is 23.3 Å². The Labute approximate surface area is 145 Å². The molecule has 3 aliphatic carbocycles. The van der Waals surface area contributed by atoms with Crippen molar-refractivity contribution in [2.24, 2.45) is 28.6 Å². The van der Waals surface area contributed by atoms with Crippen LogP contribution in [0.15, 0.2) is 12.2 Å². The van der Waals surface area contributed by atoms with E-state index in [1.54, 1.807) is 0 Å². The van der Waals surface area contributed by atoms with Gasteiger partial charge < -0.3 is 4.74 Å². The summed E-state index contributed by atoms with van der Waals surface area (Å²) >= 11 is 0. The lowest BCUT2D eigenvalue weighted by molar-refractivity contribution is -0.134. The Balaban J connectivity index is 1.70. The summed E-state index contributed by atoms with van der Waals surface area (Å²) in [4.78, 5) is 25.7. The normalized spacial score (nSPS) is 50.2. The monoisotopic (exact) mass is 330 g/mol. The number of hydrogen-bond donors (Lipinski definition) is 0. The maximum atomic E-state index is 13.1. The van der Waals surface area contributed by atoms with E-state index in [2.05, 4.69) is 34.3 Å². The van der Waals surface area contributed by atoms with Crippen molar-refractivity contribution >= 4 is 11.6 Å². The Morgan fingerprint density at radius 3 is 2.54 bits per heavy atom. The summed E-state index contributed by atoms with van der Waals surface area (Å²) in [5, 5.41) is 0. The fourth-order valence-corrected chi connectivity index (χ4v) is 5.70. The largest absolute Gasteiger partial charge is 0.366 e. The molecule has 1 aliphatic heterocycles. The summed E-state index contributed by atoms with van der Waals surface area (Å²) in [6, 6.07) is 0. The van der Waals surface area contributed by atoms with Crippen LogP contribution in [0.25, 0.3) is 0 Å². The van der Waals surface area contributed by atoms with Crippen molar-refractivity contribution in [2.75, 3.05) is 0 Å². The number of rotatable bonds is 0. The number of ketones is 2. The zero-order valence-electron chi connectivity index (χ0n) is 15.5. The van der Waals surface area contributed by atoms with Crippen molar-refractivity contribution < 1.29 is 14.3 Å². The van der Waals surface area contributed by atoms with Crippen molar-refractivity contribution in [3.05, 3.63) is 12.2 Å². The second-order valence-electron chi connectivity index (χ2n) is 10.00. The molecule has 4 fully saturated rings. The second kappa shape index (κ2) is 4.81. The molecule has 6 atom stereocenters. The molecule has 0 N–H and O–H groups in total. The van der Waals surface area contributed by atoms with Crippen LogP contribution in [0.4, 0.5) is 0 Å². The lowest BCUT2D eigenvalue weighted by Crippen LogP contribution is -2.46. The van der Waals surface area contributed by atoms with Crippen LogP contribution >= 0.6 is 0 Å². The summed E-state index contributed by atoms with van der Waals surface area (Å²) < 4.78 is 5.93. The molecule has 0 aromatic rings. The van der Waals surface area contributed by atoms with Crippen LogP contribution < -0.4 is 0 Å². The number of carbonyl (C=O) groups excluding carboxylic acids is 2. The molecule has 0 spiro atoms. The summed E-state index contributed by atoms with van der Waals surface area (Å²) in [5.41, 5.74) is 0.450. The van der Waals surface area contributed by atoms with E-state index < -0.39 is 0 Å². The SMILES string of the molecule is C=C1C(=O)CC2CC3CC3(C)CCC3OC3(C)CC(=O)C1C2(C)C. The van der Waals surface area contributed by atoms with Crippen molar-refractivity contribution in [2.45, 2.75) is 77.9 Å². The summed E-state index contributed by atoms with van der Waals surface area (Å²) in [5.74, 6) is 0.915. The van der Waals surface area contributed by atoms with Gasteiger partial charge >= 0.3 is 0 Å². The van der Waals surface area contributed by atoms with E-state index in [1.165, 1.54) is 12.8 Å². The van der Waals surface area contributed by atoms with Crippen molar-refractivity contribution in [3.63, 3.8) is 0 Å². The van der Waals surface area contributed by atoms with Gasteiger partial charge in [-0.1, -0.05) is 27.4 Å². The van der Waals surface area contributed by atoms with E-state index >= 15 is 0 Å². The van der Waals surface area contributed by atoms with Gasteiger partial charge in [0, 0.05) is 12.8 Å². The predicted molar refractivity (Wildman–Crippen MR) is 92.5 cm³/mol.